The van der Waals surface area contributed by atoms with Crippen molar-refractivity contribution < 1.29 is 59.1 Å². The summed E-state index contributed by atoms with van der Waals surface area (Å²) in [5, 5.41) is 0. The third kappa shape index (κ3) is 5.85. The number of ether oxygens (including phenoxy) is 1. The molecule has 1 atom stereocenters. The molecule has 1 aliphatic heterocycles. The van der Waals surface area contributed by atoms with Gasteiger partial charge in [0.2, 0.25) is 0 Å². The molecule has 0 saturated heterocycles. The molecular weight excluding hydrogens is 356 g/mol. The number of rotatable bonds is 0. The van der Waals surface area contributed by atoms with E-state index in [9.17, 15) is 0 Å². The molecule has 1 aliphatic rings. The zero-order chi connectivity index (χ0) is 5.28. The van der Waals surface area contributed by atoms with Crippen LogP contribution in [-0.4, -0.2) is 18.5 Å². The SMILES string of the molecule is CC1=NC(C)CO1.[Br-].[Br-].[Pd+2]. The molecule has 0 spiro atoms. The third-order valence-corrected chi connectivity index (χ3v) is 0.936. The normalized spacial score (nSPS) is 20.6. The molecule has 5 heteroatoms. The van der Waals surface area contributed by atoms with E-state index in [0.29, 0.717) is 6.04 Å². The van der Waals surface area contributed by atoms with Gasteiger partial charge in [-0.15, -0.1) is 0 Å². The van der Waals surface area contributed by atoms with E-state index < -0.39 is 0 Å². The van der Waals surface area contributed by atoms with E-state index in [0.717, 1.165) is 12.5 Å². The minimum absolute atomic E-state index is 0. The van der Waals surface area contributed by atoms with E-state index in [1.54, 1.807) is 0 Å². The number of aliphatic imine (C=N–C) groups is 1. The van der Waals surface area contributed by atoms with Crippen molar-refractivity contribution in [2.75, 3.05) is 6.61 Å². The van der Waals surface area contributed by atoms with Crippen molar-refractivity contribution >= 4 is 5.90 Å². The van der Waals surface area contributed by atoms with Crippen molar-refractivity contribution in [1.29, 1.82) is 0 Å². The minimum Gasteiger partial charge on any atom is -1.00 e. The Morgan fingerprint density at radius 1 is 1.50 bits per heavy atom. The molecule has 10 heavy (non-hydrogen) atoms. The van der Waals surface area contributed by atoms with Crippen molar-refractivity contribution in [2.45, 2.75) is 19.9 Å². The predicted molar refractivity (Wildman–Crippen MR) is 28.5 cm³/mol. The summed E-state index contributed by atoms with van der Waals surface area (Å²) in [7, 11) is 0. The van der Waals surface area contributed by atoms with E-state index in [2.05, 4.69) is 4.99 Å². The average molecular weight is 365 g/mol. The van der Waals surface area contributed by atoms with Gasteiger partial charge in [0.25, 0.3) is 0 Å². The molecule has 2 nitrogen and oxygen atoms in total. The smallest absolute Gasteiger partial charge is 1.00 e. The molecule has 0 amide bonds. The largest absolute Gasteiger partial charge is 2.00 e. The van der Waals surface area contributed by atoms with Crippen LogP contribution in [0.2, 0.25) is 0 Å². The minimum atomic E-state index is 0. The molecule has 0 aliphatic carbocycles. The molecule has 0 aromatic heterocycles. The van der Waals surface area contributed by atoms with E-state index in [4.69, 9.17) is 4.74 Å². The van der Waals surface area contributed by atoms with E-state index in [1.165, 1.54) is 0 Å². The van der Waals surface area contributed by atoms with E-state index >= 15 is 0 Å². The van der Waals surface area contributed by atoms with Crippen LogP contribution in [0.4, 0.5) is 0 Å². The van der Waals surface area contributed by atoms with Gasteiger partial charge in [-0.1, -0.05) is 0 Å². The van der Waals surface area contributed by atoms with Crippen LogP contribution in [-0.2, 0) is 25.2 Å². The summed E-state index contributed by atoms with van der Waals surface area (Å²) in [6.07, 6.45) is 0. The summed E-state index contributed by atoms with van der Waals surface area (Å²) in [5.74, 6) is 0.826. The van der Waals surface area contributed by atoms with Crippen LogP contribution in [0, 0.1) is 0 Å². The Morgan fingerprint density at radius 2 is 2.00 bits per heavy atom. The fraction of sp³-hybridized carbons (Fsp3) is 0.800. The Labute approximate surface area is 96.0 Å². The molecule has 0 aromatic rings. The van der Waals surface area contributed by atoms with Gasteiger partial charge in [0.05, 0.1) is 6.04 Å². The van der Waals surface area contributed by atoms with E-state index in [-0.39, 0.29) is 54.4 Å². The number of nitrogens with zero attached hydrogens (tertiary/aromatic N) is 1. The average Bonchev–Trinajstić information content (AvgIpc) is 1.87. The summed E-state index contributed by atoms with van der Waals surface area (Å²) in [4.78, 5) is 4.08. The maximum Gasteiger partial charge on any atom is 2.00 e. The van der Waals surface area contributed by atoms with Crippen LogP contribution in [0.15, 0.2) is 4.99 Å². The zero-order valence-electron chi connectivity index (χ0n) is 5.71. The standard InChI is InChI=1S/C5H9NO.2BrH.Pd/c1-4-3-7-5(2)6-4;;;/h4H,3H2,1-2H3;2*1H;/q;;;+2/p-2. The number of hydrogen-bond donors (Lipinski definition) is 0. The topological polar surface area (TPSA) is 21.6 Å². The Bertz CT molecular complexity index is 110. The van der Waals surface area contributed by atoms with Crippen LogP contribution in [0.3, 0.4) is 0 Å². The van der Waals surface area contributed by atoms with Crippen LogP contribution < -0.4 is 34.0 Å². The maximum absolute atomic E-state index is 5.02. The Hall–Kier alpha value is 1.09. The molecule has 0 radical (unpaired) electrons. The Kier molecular flexibility index (Phi) is 14.1. The van der Waals surface area contributed by atoms with Crippen molar-refractivity contribution in [3.63, 3.8) is 0 Å². The predicted octanol–water partition coefficient (Wildman–Crippen LogP) is -5.17. The first-order valence-corrected chi connectivity index (χ1v) is 2.46. The molecule has 0 saturated carbocycles. The molecule has 1 unspecified atom stereocenters. The van der Waals surface area contributed by atoms with Crippen LogP contribution in [0.25, 0.3) is 0 Å². The van der Waals surface area contributed by atoms with Crippen molar-refractivity contribution in [3.8, 4) is 0 Å². The molecule has 0 N–H and O–H groups in total. The molecule has 0 aromatic carbocycles. The molecule has 64 valence electrons. The first-order valence-electron chi connectivity index (χ1n) is 2.46. The Balaban J connectivity index is -0.000000163. The second kappa shape index (κ2) is 8.19. The molecular formula is C5H9Br2NOPd. The van der Waals surface area contributed by atoms with Gasteiger partial charge in [-0.05, 0) is 6.92 Å². The summed E-state index contributed by atoms with van der Waals surface area (Å²) >= 11 is 0. The van der Waals surface area contributed by atoms with Gasteiger partial charge in [-0.3, -0.25) is 0 Å². The van der Waals surface area contributed by atoms with Gasteiger partial charge >= 0.3 is 20.4 Å². The van der Waals surface area contributed by atoms with Crippen LogP contribution in [0.1, 0.15) is 13.8 Å². The quantitative estimate of drug-likeness (QED) is 0.394. The molecule has 0 fully saturated rings. The fourth-order valence-corrected chi connectivity index (χ4v) is 0.626. The van der Waals surface area contributed by atoms with Gasteiger partial charge < -0.3 is 38.7 Å². The molecule has 1 rings (SSSR count). The number of hydrogen-bond acceptors (Lipinski definition) is 2. The second-order valence-corrected chi connectivity index (χ2v) is 1.81. The summed E-state index contributed by atoms with van der Waals surface area (Å²) in [6, 6.07) is 0.389. The third-order valence-electron chi connectivity index (χ3n) is 0.936. The van der Waals surface area contributed by atoms with Crippen LogP contribution >= 0.6 is 0 Å². The first kappa shape index (κ1) is 17.3. The number of halogens is 2. The molecule has 0 bridgehead atoms. The Morgan fingerprint density at radius 3 is 2.10 bits per heavy atom. The van der Waals surface area contributed by atoms with Gasteiger partial charge in [0.1, 0.15) is 6.61 Å². The monoisotopic (exact) mass is 363 g/mol. The second-order valence-electron chi connectivity index (χ2n) is 1.81. The van der Waals surface area contributed by atoms with Gasteiger partial charge in [0.15, 0.2) is 5.90 Å². The van der Waals surface area contributed by atoms with Crippen LogP contribution in [0.5, 0.6) is 0 Å². The maximum atomic E-state index is 5.02. The van der Waals surface area contributed by atoms with Crippen molar-refractivity contribution in [1.82, 2.24) is 0 Å². The van der Waals surface area contributed by atoms with Crippen molar-refractivity contribution in [3.05, 3.63) is 0 Å². The summed E-state index contributed by atoms with van der Waals surface area (Å²) in [5.41, 5.74) is 0. The van der Waals surface area contributed by atoms with E-state index in [1.807, 2.05) is 13.8 Å². The summed E-state index contributed by atoms with van der Waals surface area (Å²) in [6.45, 7) is 4.69. The summed E-state index contributed by atoms with van der Waals surface area (Å²) < 4.78 is 5.02. The first-order chi connectivity index (χ1) is 3.29. The van der Waals surface area contributed by atoms with Crippen molar-refractivity contribution in [2.24, 2.45) is 4.99 Å². The van der Waals surface area contributed by atoms with Gasteiger partial charge in [0, 0.05) is 6.92 Å². The van der Waals surface area contributed by atoms with Gasteiger partial charge in [-0.25, -0.2) is 4.99 Å². The zero-order valence-corrected chi connectivity index (χ0v) is 10.4. The van der Waals surface area contributed by atoms with Gasteiger partial charge in [-0.2, -0.15) is 0 Å². The fourth-order valence-electron chi connectivity index (χ4n) is 0.626. The molecule has 1 heterocycles.